The zero-order valence-electron chi connectivity index (χ0n) is 14.8. The number of anilines is 2. The van der Waals surface area contributed by atoms with E-state index in [1.165, 1.54) is 35.7 Å². The van der Waals surface area contributed by atoms with Gasteiger partial charge in [0, 0.05) is 48.5 Å². The van der Waals surface area contributed by atoms with Crippen LogP contribution in [0.5, 0.6) is 0 Å². The van der Waals surface area contributed by atoms with Crippen molar-refractivity contribution in [3.63, 3.8) is 0 Å². The predicted octanol–water partition coefficient (Wildman–Crippen LogP) is 3.91. The summed E-state index contributed by atoms with van der Waals surface area (Å²) in [5.41, 5.74) is 3.55. The van der Waals surface area contributed by atoms with Crippen LogP contribution in [0.2, 0.25) is 0 Å². The number of hydrogen-bond donors (Lipinski definition) is 2. The molecule has 2 N–H and O–H groups in total. The SMILES string of the molecule is Cc1cc(NCCc2c[nH]c3ccccc23)nc(N2CCCCC2)n1. The van der Waals surface area contributed by atoms with Crippen LogP contribution in [0.4, 0.5) is 11.8 Å². The molecule has 130 valence electrons. The van der Waals surface area contributed by atoms with E-state index >= 15 is 0 Å². The van der Waals surface area contributed by atoms with Crippen molar-refractivity contribution < 1.29 is 0 Å². The minimum Gasteiger partial charge on any atom is -0.370 e. The summed E-state index contributed by atoms with van der Waals surface area (Å²) in [6.45, 7) is 5.04. The number of nitrogens with one attached hydrogen (secondary N) is 2. The Bertz CT molecular complexity index is 848. The lowest BCUT2D eigenvalue weighted by atomic mass is 10.1. The predicted molar refractivity (Wildman–Crippen MR) is 103 cm³/mol. The van der Waals surface area contributed by atoms with E-state index in [-0.39, 0.29) is 0 Å². The lowest BCUT2D eigenvalue weighted by Crippen LogP contribution is -2.31. The van der Waals surface area contributed by atoms with Crippen LogP contribution in [-0.4, -0.2) is 34.6 Å². The molecule has 1 saturated heterocycles. The molecule has 25 heavy (non-hydrogen) atoms. The summed E-state index contributed by atoms with van der Waals surface area (Å²) in [6.07, 6.45) is 6.86. The van der Waals surface area contributed by atoms with E-state index < -0.39 is 0 Å². The molecule has 0 spiro atoms. The number of fused-ring (bicyclic) bond motifs is 1. The van der Waals surface area contributed by atoms with Crippen LogP contribution in [0.3, 0.4) is 0 Å². The highest BCUT2D eigenvalue weighted by molar-refractivity contribution is 5.83. The highest BCUT2D eigenvalue weighted by Crippen LogP contribution is 2.20. The fourth-order valence-corrected chi connectivity index (χ4v) is 3.54. The fourth-order valence-electron chi connectivity index (χ4n) is 3.54. The van der Waals surface area contributed by atoms with Gasteiger partial charge in [0.25, 0.3) is 0 Å². The summed E-state index contributed by atoms with van der Waals surface area (Å²) in [5.74, 6) is 1.79. The number of rotatable bonds is 5. The van der Waals surface area contributed by atoms with Gasteiger partial charge in [-0.2, -0.15) is 4.98 Å². The molecule has 1 aliphatic rings. The van der Waals surface area contributed by atoms with Crippen LogP contribution in [0.15, 0.2) is 36.5 Å². The summed E-state index contributed by atoms with van der Waals surface area (Å²) < 4.78 is 0. The molecule has 0 radical (unpaired) electrons. The standard InChI is InChI=1S/C20H25N5/c1-15-13-19(24-20(23-15)25-11-5-2-6-12-25)21-10-9-16-14-22-18-8-4-3-7-17(16)18/h3-4,7-8,13-14,22H,2,5-6,9-12H2,1H3,(H,21,23,24). The molecule has 0 aliphatic carbocycles. The lowest BCUT2D eigenvalue weighted by molar-refractivity contribution is 0.568. The molecule has 5 nitrogen and oxygen atoms in total. The maximum atomic E-state index is 4.73. The zero-order valence-corrected chi connectivity index (χ0v) is 14.8. The lowest BCUT2D eigenvalue weighted by Gasteiger charge is -2.27. The molecule has 3 aromatic rings. The topological polar surface area (TPSA) is 56.8 Å². The first-order chi connectivity index (χ1) is 12.3. The Balaban J connectivity index is 1.43. The van der Waals surface area contributed by atoms with E-state index in [9.17, 15) is 0 Å². The van der Waals surface area contributed by atoms with E-state index in [0.29, 0.717) is 0 Å². The van der Waals surface area contributed by atoms with Crippen LogP contribution in [0.25, 0.3) is 10.9 Å². The van der Waals surface area contributed by atoms with Crippen molar-refractivity contribution in [2.45, 2.75) is 32.6 Å². The molecule has 3 heterocycles. The summed E-state index contributed by atoms with van der Waals surface area (Å²) in [7, 11) is 0. The first kappa shape index (κ1) is 15.9. The molecule has 0 unspecified atom stereocenters. The van der Waals surface area contributed by atoms with Crippen LogP contribution in [-0.2, 0) is 6.42 Å². The van der Waals surface area contributed by atoms with Crippen LogP contribution >= 0.6 is 0 Å². The van der Waals surface area contributed by atoms with Gasteiger partial charge in [0.05, 0.1) is 0 Å². The van der Waals surface area contributed by atoms with E-state index in [4.69, 9.17) is 4.98 Å². The fraction of sp³-hybridized carbons (Fsp3) is 0.400. The van der Waals surface area contributed by atoms with Gasteiger partial charge in [-0.3, -0.25) is 0 Å². The zero-order chi connectivity index (χ0) is 17.1. The van der Waals surface area contributed by atoms with E-state index in [2.05, 4.69) is 50.6 Å². The monoisotopic (exact) mass is 335 g/mol. The molecule has 0 amide bonds. The van der Waals surface area contributed by atoms with Crippen LogP contribution in [0, 0.1) is 6.92 Å². The molecule has 4 rings (SSSR count). The maximum Gasteiger partial charge on any atom is 0.227 e. The van der Waals surface area contributed by atoms with Crippen molar-refractivity contribution in [1.82, 2.24) is 15.0 Å². The number of nitrogens with zero attached hydrogens (tertiary/aromatic N) is 3. The molecule has 1 aliphatic heterocycles. The van der Waals surface area contributed by atoms with Gasteiger partial charge in [-0.1, -0.05) is 18.2 Å². The highest BCUT2D eigenvalue weighted by atomic mass is 15.3. The summed E-state index contributed by atoms with van der Waals surface area (Å²) in [5, 5.41) is 4.78. The number of hydrogen-bond acceptors (Lipinski definition) is 4. The largest absolute Gasteiger partial charge is 0.370 e. The first-order valence-electron chi connectivity index (χ1n) is 9.19. The molecule has 5 heteroatoms. The Morgan fingerprint density at radius 3 is 2.84 bits per heavy atom. The van der Waals surface area contributed by atoms with E-state index in [1.807, 2.05) is 13.0 Å². The summed E-state index contributed by atoms with van der Waals surface area (Å²) in [4.78, 5) is 15.0. The molecule has 0 bridgehead atoms. The number of aromatic amines is 1. The van der Waals surface area contributed by atoms with Gasteiger partial charge < -0.3 is 15.2 Å². The Hall–Kier alpha value is -2.56. The van der Waals surface area contributed by atoms with Gasteiger partial charge in [-0.05, 0) is 44.2 Å². The van der Waals surface area contributed by atoms with Gasteiger partial charge >= 0.3 is 0 Å². The summed E-state index contributed by atoms with van der Waals surface area (Å²) in [6, 6.07) is 10.5. The Kier molecular flexibility index (Phi) is 4.55. The van der Waals surface area contributed by atoms with Crippen molar-refractivity contribution in [3.8, 4) is 0 Å². The van der Waals surface area contributed by atoms with Gasteiger partial charge in [0.2, 0.25) is 5.95 Å². The van der Waals surface area contributed by atoms with Gasteiger partial charge in [0.15, 0.2) is 0 Å². The average molecular weight is 335 g/mol. The Morgan fingerprint density at radius 2 is 1.96 bits per heavy atom. The molecular formula is C20H25N5. The average Bonchev–Trinajstić information content (AvgIpc) is 3.05. The Labute approximate surface area is 148 Å². The van der Waals surface area contributed by atoms with Crippen molar-refractivity contribution in [3.05, 3.63) is 47.8 Å². The van der Waals surface area contributed by atoms with Crippen molar-refractivity contribution in [1.29, 1.82) is 0 Å². The second-order valence-electron chi connectivity index (χ2n) is 6.78. The Morgan fingerprint density at radius 1 is 1.12 bits per heavy atom. The van der Waals surface area contributed by atoms with Gasteiger partial charge in [-0.15, -0.1) is 0 Å². The third-order valence-corrected chi connectivity index (χ3v) is 4.86. The molecule has 0 saturated carbocycles. The number of benzene rings is 1. The maximum absolute atomic E-state index is 4.73. The minimum absolute atomic E-state index is 0.859. The van der Waals surface area contributed by atoms with E-state index in [1.54, 1.807) is 0 Å². The van der Waals surface area contributed by atoms with Gasteiger partial charge in [0.1, 0.15) is 5.82 Å². The number of aryl methyl sites for hydroxylation is 1. The second kappa shape index (κ2) is 7.13. The third-order valence-electron chi connectivity index (χ3n) is 4.86. The van der Waals surface area contributed by atoms with Crippen molar-refractivity contribution in [2.75, 3.05) is 29.9 Å². The van der Waals surface area contributed by atoms with Crippen molar-refractivity contribution in [2.24, 2.45) is 0 Å². The number of piperidine rings is 1. The second-order valence-corrected chi connectivity index (χ2v) is 6.78. The first-order valence-corrected chi connectivity index (χ1v) is 9.19. The third kappa shape index (κ3) is 3.60. The summed E-state index contributed by atoms with van der Waals surface area (Å²) >= 11 is 0. The van der Waals surface area contributed by atoms with Gasteiger partial charge in [-0.25, -0.2) is 4.98 Å². The number of para-hydroxylation sites is 1. The van der Waals surface area contributed by atoms with E-state index in [0.717, 1.165) is 43.5 Å². The molecule has 1 fully saturated rings. The van der Waals surface area contributed by atoms with Crippen molar-refractivity contribution >= 4 is 22.7 Å². The normalized spacial score (nSPS) is 14.8. The molecule has 2 aromatic heterocycles. The smallest absolute Gasteiger partial charge is 0.227 e. The molecule has 0 atom stereocenters. The molecular weight excluding hydrogens is 310 g/mol. The number of H-pyrrole nitrogens is 1. The van der Waals surface area contributed by atoms with Crippen LogP contribution in [0.1, 0.15) is 30.5 Å². The van der Waals surface area contributed by atoms with Crippen LogP contribution < -0.4 is 10.2 Å². The number of aromatic nitrogens is 3. The molecule has 1 aromatic carbocycles. The quantitative estimate of drug-likeness (QED) is 0.742. The minimum atomic E-state index is 0.859. The highest BCUT2D eigenvalue weighted by Gasteiger charge is 2.14.